The van der Waals surface area contributed by atoms with E-state index in [-0.39, 0.29) is 6.10 Å². The Morgan fingerprint density at radius 2 is 1.68 bits per heavy atom. The second kappa shape index (κ2) is 6.64. The van der Waals surface area contributed by atoms with E-state index in [0.29, 0.717) is 5.75 Å². The van der Waals surface area contributed by atoms with E-state index in [1.165, 1.54) is 5.56 Å². The average molecular weight is 274 g/mol. The minimum Gasteiger partial charge on any atom is -0.376 e. The van der Waals surface area contributed by atoms with Crippen LogP contribution in [-0.2, 0) is 15.5 Å². The smallest absolute Gasteiger partial charge is 0.0939 e. The van der Waals surface area contributed by atoms with Gasteiger partial charge in [-0.3, -0.25) is 4.21 Å². The van der Waals surface area contributed by atoms with Crippen molar-refractivity contribution in [3.05, 3.63) is 65.7 Å². The van der Waals surface area contributed by atoms with Crippen molar-refractivity contribution in [2.45, 2.75) is 17.9 Å². The Bertz CT molecular complexity index is 534. The van der Waals surface area contributed by atoms with Crippen LogP contribution in [0.3, 0.4) is 0 Å². The summed E-state index contributed by atoms with van der Waals surface area (Å²) >= 11 is 0. The molecule has 0 saturated heterocycles. The molecule has 0 radical (unpaired) electrons. The molecule has 0 fully saturated rings. The lowest BCUT2D eigenvalue weighted by Crippen LogP contribution is -2.11. The minimum absolute atomic E-state index is 0.136. The third kappa shape index (κ3) is 3.75. The number of aryl methyl sites for hydroxylation is 1. The van der Waals surface area contributed by atoms with Gasteiger partial charge < -0.3 is 4.74 Å². The summed E-state index contributed by atoms with van der Waals surface area (Å²) < 4.78 is 17.8. The largest absolute Gasteiger partial charge is 0.376 e. The summed E-state index contributed by atoms with van der Waals surface area (Å²) in [6.07, 6.45) is -0.136. The fourth-order valence-electron chi connectivity index (χ4n) is 1.89. The maximum atomic E-state index is 12.3. The van der Waals surface area contributed by atoms with Crippen LogP contribution in [0.25, 0.3) is 0 Å². The summed E-state index contributed by atoms with van der Waals surface area (Å²) in [6, 6.07) is 17.7. The van der Waals surface area contributed by atoms with Crippen LogP contribution < -0.4 is 0 Å². The molecule has 0 heterocycles. The highest BCUT2D eigenvalue weighted by molar-refractivity contribution is 7.85. The molecule has 0 aliphatic rings. The molecule has 0 saturated carbocycles. The molecular weight excluding hydrogens is 256 g/mol. The maximum Gasteiger partial charge on any atom is 0.0939 e. The normalized spacial score (nSPS) is 14.0. The van der Waals surface area contributed by atoms with Gasteiger partial charge in [0, 0.05) is 12.0 Å². The van der Waals surface area contributed by atoms with Gasteiger partial charge in [-0.1, -0.05) is 48.0 Å². The first-order chi connectivity index (χ1) is 9.20. The lowest BCUT2D eigenvalue weighted by atomic mass is 10.1. The van der Waals surface area contributed by atoms with Crippen molar-refractivity contribution >= 4 is 10.8 Å². The van der Waals surface area contributed by atoms with Crippen LogP contribution in [-0.4, -0.2) is 17.1 Å². The first-order valence-corrected chi connectivity index (χ1v) is 7.55. The van der Waals surface area contributed by atoms with Gasteiger partial charge >= 0.3 is 0 Å². The molecule has 19 heavy (non-hydrogen) atoms. The highest BCUT2D eigenvalue weighted by atomic mass is 32.2. The molecule has 2 aromatic rings. The van der Waals surface area contributed by atoms with Crippen LogP contribution in [0.2, 0.25) is 0 Å². The summed E-state index contributed by atoms with van der Waals surface area (Å²) in [6.45, 7) is 2.02. The Morgan fingerprint density at radius 3 is 2.26 bits per heavy atom. The summed E-state index contributed by atoms with van der Waals surface area (Å²) in [5, 5.41) is 0. The van der Waals surface area contributed by atoms with E-state index in [1.807, 2.05) is 61.5 Å². The van der Waals surface area contributed by atoms with Crippen LogP contribution in [0, 0.1) is 6.92 Å². The average Bonchev–Trinajstić information content (AvgIpc) is 2.46. The number of benzene rings is 2. The van der Waals surface area contributed by atoms with Gasteiger partial charge in [-0.15, -0.1) is 0 Å². The topological polar surface area (TPSA) is 26.3 Å². The van der Waals surface area contributed by atoms with E-state index >= 15 is 0 Å². The van der Waals surface area contributed by atoms with Crippen molar-refractivity contribution in [1.82, 2.24) is 0 Å². The lowest BCUT2D eigenvalue weighted by Gasteiger charge is -2.15. The molecule has 0 aliphatic carbocycles. The van der Waals surface area contributed by atoms with E-state index in [9.17, 15) is 4.21 Å². The minimum atomic E-state index is -1.05. The van der Waals surface area contributed by atoms with Crippen LogP contribution in [0.1, 0.15) is 17.2 Å². The maximum absolute atomic E-state index is 12.3. The third-order valence-corrected chi connectivity index (χ3v) is 4.45. The van der Waals surface area contributed by atoms with Crippen LogP contribution >= 0.6 is 0 Å². The molecule has 0 spiro atoms. The first kappa shape index (κ1) is 14.0. The zero-order valence-corrected chi connectivity index (χ0v) is 12.0. The van der Waals surface area contributed by atoms with Crippen molar-refractivity contribution in [2.24, 2.45) is 0 Å². The molecule has 2 atom stereocenters. The second-order valence-electron chi connectivity index (χ2n) is 4.46. The van der Waals surface area contributed by atoms with Gasteiger partial charge in [-0.2, -0.15) is 0 Å². The van der Waals surface area contributed by atoms with Gasteiger partial charge in [-0.25, -0.2) is 0 Å². The number of hydrogen-bond acceptors (Lipinski definition) is 2. The van der Waals surface area contributed by atoms with Crippen molar-refractivity contribution in [2.75, 3.05) is 12.9 Å². The van der Waals surface area contributed by atoms with Crippen LogP contribution in [0.15, 0.2) is 59.5 Å². The van der Waals surface area contributed by atoms with Crippen LogP contribution in [0.5, 0.6) is 0 Å². The molecule has 2 nitrogen and oxygen atoms in total. The molecule has 100 valence electrons. The summed E-state index contributed by atoms with van der Waals surface area (Å²) in [5.74, 6) is 0.476. The van der Waals surface area contributed by atoms with Gasteiger partial charge in [0.1, 0.15) is 0 Å². The number of rotatable bonds is 5. The quantitative estimate of drug-likeness (QED) is 0.834. The highest BCUT2D eigenvalue weighted by Gasteiger charge is 2.15. The Labute approximate surface area is 116 Å². The monoisotopic (exact) mass is 274 g/mol. The SMILES string of the molecule is COC(CS(=O)c1ccc(C)cc1)c1ccccc1. The molecule has 0 aromatic heterocycles. The lowest BCUT2D eigenvalue weighted by molar-refractivity contribution is 0.122. The molecule has 2 unspecified atom stereocenters. The highest BCUT2D eigenvalue weighted by Crippen LogP contribution is 2.20. The van der Waals surface area contributed by atoms with E-state index in [0.717, 1.165) is 10.5 Å². The molecule has 0 aliphatic heterocycles. The molecule has 2 aromatic carbocycles. The third-order valence-electron chi connectivity index (χ3n) is 3.04. The Morgan fingerprint density at radius 1 is 1.05 bits per heavy atom. The summed E-state index contributed by atoms with van der Waals surface area (Å²) in [4.78, 5) is 0.851. The standard InChI is InChI=1S/C16H18O2S/c1-13-8-10-15(11-9-13)19(17)12-16(18-2)14-6-4-3-5-7-14/h3-11,16H,12H2,1-2H3. The molecule has 2 rings (SSSR count). The van der Waals surface area contributed by atoms with Gasteiger partial charge in [-0.05, 0) is 24.6 Å². The summed E-state index contributed by atoms with van der Waals surface area (Å²) in [5.41, 5.74) is 2.23. The zero-order chi connectivity index (χ0) is 13.7. The Kier molecular flexibility index (Phi) is 4.88. The van der Waals surface area contributed by atoms with Crippen molar-refractivity contribution in [1.29, 1.82) is 0 Å². The molecular formula is C16H18O2S. The fraction of sp³-hybridized carbons (Fsp3) is 0.250. The Hall–Kier alpha value is -1.45. The fourth-order valence-corrected chi connectivity index (χ4v) is 3.13. The van der Waals surface area contributed by atoms with Crippen molar-refractivity contribution < 1.29 is 8.95 Å². The van der Waals surface area contributed by atoms with E-state index in [1.54, 1.807) is 7.11 Å². The van der Waals surface area contributed by atoms with Gasteiger partial charge in [0.15, 0.2) is 0 Å². The van der Waals surface area contributed by atoms with Crippen molar-refractivity contribution in [3.63, 3.8) is 0 Å². The van der Waals surface area contributed by atoms with Gasteiger partial charge in [0.2, 0.25) is 0 Å². The van der Waals surface area contributed by atoms with E-state index < -0.39 is 10.8 Å². The van der Waals surface area contributed by atoms with E-state index in [2.05, 4.69) is 0 Å². The first-order valence-electron chi connectivity index (χ1n) is 6.23. The molecule has 0 amide bonds. The van der Waals surface area contributed by atoms with Gasteiger partial charge in [0.05, 0.1) is 22.7 Å². The molecule has 0 N–H and O–H groups in total. The van der Waals surface area contributed by atoms with Gasteiger partial charge in [0.25, 0.3) is 0 Å². The van der Waals surface area contributed by atoms with Crippen LogP contribution in [0.4, 0.5) is 0 Å². The van der Waals surface area contributed by atoms with E-state index in [4.69, 9.17) is 4.74 Å². The summed E-state index contributed by atoms with van der Waals surface area (Å²) in [7, 11) is 0.610. The Balaban J connectivity index is 2.10. The predicted octanol–water partition coefficient (Wildman–Crippen LogP) is 3.49. The second-order valence-corrected chi connectivity index (χ2v) is 5.96. The number of hydrogen-bond donors (Lipinski definition) is 0. The molecule has 3 heteroatoms. The number of methoxy groups -OCH3 is 1. The molecule has 0 bridgehead atoms. The predicted molar refractivity (Wildman–Crippen MR) is 78.6 cm³/mol. The zero-order valence-electron chi connectivity index (χ0n) is 11.2. The number of ether oxygens (including phenoxy) is 1. The van der Waals surface area contributed by atoms with Crippen molar-refractivity contribution in [3.8, 4) is 0 Å².